The molecule has 15 heavy (non-hydrogen) atoms. The molecule has 0 aliphatic carbocycles. The minimum Gasteiger partial charge on any atom is -0.495 e. The lowest BCUT2D eigenvalue weighted by molar-refractivity contribution is 0.414. The smallest absolute Gasteiger partial charge is 0.141 e. The predicted octanol–water partition coefficient (Wildman–Crippen LogP) is 3.54. The largest absolute Gasteiger partial charge is 0.495 e. The molecule has 0 fully saturated rings. The number of para-hydroxylation sites is 2. The number of hydrogen-bond donors (Lipinski definition) is 1. The van der Waals surface area contributed by atoms with E-state index in [2.05, 4.69) is 32.2 Å². The fourth-order valence-electron chi connectivity index (χ4n) is 1.50. The van der Waals surface area contributed by atoms with Crippen molar-refractivity contribution in [2.45, 2.75) is 33.2 Å². The van der Waals surface area contributed by atoms with Gasteiger partial charge in [-0.2, -0.15) is 0 Å². The van der Waals surface area contributed by atoms with Crippen LogP contribution in [0, 0.1) is 5.92 Å². The highest BCUT2D eigenvalue weighted by molar-refractivity contribution is 5.56. The van der Waals surface area contributed by atoms with Gasteiger partial charge in [0, 0.05) is 6.04 Å². The minimum absolute atomic E-state index is 0.464. The van der Waals surface area contributed by atoms with Gasteiger partial charge in [0.05, 0.1) is 12.8 Å². The molecule has 0 saturated carbocycles. The second kappa shape index (κ2) is 5.64. The van der Waals surface area contributed by atoms with Crippen LogP contribution in [0.5, 0.6) is 5.75 Å². The highest BCUT2D eigenvalue weighted by Gasteiger charge is 2.11. The van der Waals surface area contributed by atoms with E-state index in [-0.39, 0.29) is 0 Å². The third-order valence-corrected chi connectivity index (χ3v) is 2.99. The number of benzene rings is 1. The highest BCUT2D eigenvalue weighted by Crippen LogP contribution is 2.25. The Morgan fingerprint density at radius 3 is 2.53 bits per heavy atom. The molecule has 0 bridgehead atoms. The molecule has 0 spiro atoms. The molecule has 0 saturated heterocycles. The molecule has 2 nitrogen and oxygen atoms in total. The van der Waals surface area contributed by atoms with Crippen LogP contribution >= 0.6 is 0 Å². The monoisotopic (exact) mass is 207 g/mol. The number of anilines is 1. The summed E-state index contributed by atoms with van der Waals surface area (Å²) < 4.78 is 5.30. The molecule has 0 aliphatic rings. The van der Waals surface area contributed by atoms with Gasteiger partial charge in [0.15, 0.2) is 0 Å². The first-order chi connectivity index (χ1) is 7.19. The van der Waals surface area contributed by atoms with Crippen molar-refractivity contribution in [3.63, 3.8) is 0 Å². The van der Waals surface area contributed by atoms with Gasteiger partial charge in [-0.3, -0.25) is 0 Å². The molecule has 2 heteroatoms. The summed E-state index contributed by atoms with van der Waals surface area (Å²) in [6.07, 6.45) is 1.18. The number of rotatable bonds is 5. The van der Waals surface area contributed by atoms with E-state index in [9.17, 15) is 0 Å². The lowest BCUT2D eigenvalue weighted by Gasteiger charge is -2.22. The summed E-state index contributed by atoms with van der Waals surface area (Å²) >= 11 is 0. The number of nitrogens with one attached hydrogen (secondary N) is 1. The first kappa shape index (κ1) is 11.9. The Morgan fingerprint density at radius 1 is 1.27 bits per heavy atom. The van der Waals surface area contributed by atoms with E-state index in [0.717, 1.165) is 11.4 Å². The Morgan fingerprint density at radius 2 is 1.93 bits per heavy atom. The van der Waals surface area contributed by atoms with Crippen molar-refractivity contribution in [3.8, 4) is 5.75 Å². The van der Waals surface area contributed by atoms with Crippen LogP contribution in [0.15, 0.2) is 24.3 Å². The molecule has 84 valence electrons. The van der Waals surface area contributed by atoms with E-state index in [1.165, 1.54) is 6.42 Å². The molecular weight excluding hydrogens is 186 g/mol. The maximum Gasteiger partial charge on any atom is 0.141 e. The van der Waals surface area contributed by atoms with Crippen LogP contribution in [0.4, 0.5) is 5.69 Å². The first-order valence-electron chi connectivity index (χ1n) is 5.58. The van der Waals surface area contributed by atoms with Crippen molar-refractivity contribution in [2.75, 3.05) is 12.4 Å². The Bertz CT molecular complexity index is 298. The van der Waals surface area contributed by atoms with Crippen LogP contribution in [0.1, 0.15) is 27.2 Å². The van der Waals surface area contributed by atoms with Crippen LogP contribution in [0.25, 0.3) is 0 Å². The summed E-state index contributed by atoms with van der Waals surface area (Å²) in [5.74, 6) is 1.57. The van der Waals surface area contributed by atoms with Crippen LogP contribution in [-0.2, 0) is 0 Å². The van der Waals surface area contributed by atoms with Crippen LogP contribution < -0.4 is 10.1 Å². The molecule has 1 N–H and O–H groups in total. The fourth-order valence-corrected chi connectivity index (χ4v) is 1.50. The molecule has 0 heterocycles. The highest BCUT2D eigenvalue weighted by atomic mass is 16.5. The SMILES string of the molecule is CCC(C)C(C)Nc1ccccc1OC. The van der Waals surface area contributed by atoms with Crippen LogP contribution in [0.2, 0.25) is 0 Å². The molecule has 2 unspecified atom stereocenters. The number of ether oxygens (including phenoxy) is 1. The van der Waals surface area contributed by atoms with Crippen LogP contribution in [-0.4, -0.2) is 13.2 Å². The Labute approximate surface area is 92.6 Å². The quantitative estimate of drug-likeness (QED) is 0.797. The van der Waals surface area contributed by atoms with Crippen molar-refractivity contribution in [1.29, 1.82) is 0 Å². The van der Waals surface area contributed by atoms with Gasteiger partial charge < -0.3 is 10.1 Å². The Hall–Kier alpha value is -1.18. The summed E-state index contributed by atoms with van der Waals surface area (Å²) in [5, 5.41) is 3.49. The van der Waals surface area contributed by atoms with E-state index >= 15 is 0 Å². The van der Waals surface area contributed by atoms with Crippen molar-refractivity contribution in [3.05, 3.63) is 24.3 Å². The molecule has 0 aromatic heterocycles. The maximum absolute atomic E-state index is 5.30. The van der Waals surface area contributed by atoms with E-state index in [1.807, 2.05) is 18.2 Å². The van der Waals surface area contributed by atoms with Crippen molar-refractivity contribution < 1.29 is 4.74 Å². The fraction of sp³-hybridized carbons (Fsp3) is 0.538. The van der Waals surface area contributed by atoms with E-state index < -0.39 is 0 Å². The molecule has 0 radical (unpaired) electrons. The van der Waals surface area contributed by atoms with Gasteiger partial charge in [-0.05, 0) is 25.0 Å². The summed E-state index contributed by atoms with van der Waals surface area (Å²) in [6.45, 7) is 6.68. The van der Waals surface area contributed by atoms with Gasteiger partial charge in [0.1, 0.15) is 5.75 Å². The summed E-state index contributed by atoms with van der Waals surface area (Å²) in [7, 11) is 1.70. The molecule has 0 amide bonds. The zero-order chi connectivity index (χ0) is 11.3. The van der Waals surface area contributed by atoms with Crippen molar-refractivity contribution in [2.24, 2.45) is 5.92 Å². The zero-order valence-electron chi connectivity index (χ0n) is 10.1. The van der Waals surface area contributed by atoms with Crippen LogP contribution in [0.3, 0.4) is 0 Å². The minimum atomic E-state index is 0.464. The van der Waals surface area contributed by atoms with Gasteiger partial charge in [-0.25, -0.2) is 0 Å². The average Bonchev–Trinajstić information content (AvgIpc) is 2.28. The van der Waals surface area contributed by atoms with Crippen molar-refractivity contribution in [1.82, 2.24) is 0 Å². The van der Waals surface area contributed by atoms with E-state index in [1.54, 1.807) is 7.11 Å². The summed E-state index contributed by atoms with van der Waals surface area (Å²) in [4.78, 5) is 0. The van der Waals surface area contributed by atoms with Gasteiger partial charge in [-0.1, -0.05) is 32.4 Å². The first-order valence-corrected chi connectivity index (χ1v) is 5.58. The molecule has 1 rings (SSSR count). The lowest BCUT2D eigenvalue weighted by Crippen LogP contribution is -2.23. The Kier molecular flexibility index (Phi) is 4.47. The topological polar surface area (TPSA) is 21.3 Å². The zero-order valence-corrected chi connectivity index (χ0v) is 10.1. The summed E-state index contributed by atoms with van der Waals surface area (Å²) in [6, 6.07) is 8.50. The lowest BCUT2D eigenvalue weighted by atomic mass is 10.0. The molecule has 1 aromatic carbocycles. The molecule has 0 aliphatic heterocycles. The molecule has 1 aromatic rings. The second-order valence-corrected chi connectivity index (χ2v) is 4.02. The normalized spacial score (nSPS) is 14.4. The number of methoxy groups -OCH3 is 1. The molecular formula is C13H21NO. The Balaban J connectivity index is 2.71. The maximum atomic E-state index is 5.30. The second-order valence-electron chi connectivity index (χ2n) is 4.02. The van der Waals surface area contributed by atoms with Crippen molar-refractivity contribution >= 4 is 5.69 Å². The third kappa shape index (κ3) is 3.15. The summed E-state index contributed by atoms with van der Waals surface area (Å²) in [5.41, 5.74) is 1.08. The standard InChI is InChI=1S/C13H21NO/c1-5-10(2)11(3)14-12-8-6-7-9-13(12)15-4/h6-11,14H,5H2,1-4H3. The number of hydrogen-bond acceptors (Lipinski definition) is 2. The average molecular weight is 207 g/mol. The van der Waals surface area contributed by atoms with E-state index in [0.29, 0.717) is 12.0 Å². The predicted molar refractivity (Wildman–Crippen MR) is 65.5 cm³/mol. The van der Waals surface area contributed by atoms with Gasteiger partial charge in [0.2, 0.25) is 0 Å². The van der Waals surface area contributed by atoms with Gasteiger partial charge in [-0.15, -0.1) is 0 Å². The van der Waals surface area contributed by atoms with E-state index in [4.69, 9.17) is 4.74 Å². The third-order valence-electron chi connectivity index (χ3n) is 2.99. The van der Waals surface area contributed by atoms with Gasteiger partial charge in [0.25, 0.3) is 0 Å². The van der Waals surface area contributed by atoms with Gasteiger partial charge >= 0.3 is 0 Å². The molecule has 2 atom stereocenters.